The van der Waals surface area contributed by atoms with Gasteiger partial charge in [-0.1, -0.05) is 0 Å². The Morgan fingerprint density at radius 2 is 1.82 bits per heavy atom. The molecule has 22 heavy (non-hydrogen) atoms. The fourth-order valence-electron chi connectivity index (χ4n) is 4.14. The van der Waals surface area contributed by atoms with Gasteiger partial charge in [0.1, 0.15) is 5.65 Å². The molecule has 2 aromatic heterocycles. The highest BCUT2D eigenvalue weighted by Crippen LogP contribution is 2.42. The first-order valence-corrected chi connectivity index (χ1v) is 7.68. The molecular weight excluding hydrogens is 276 g/mol. The molecule has 2 aliphatic carbocycles. The molecule has 0 bridgehead atoms. The number of rotatable bonds is 0. The van der Waals surface area contributed by atoms with Crippen molar-refractivity contribution in [1.29, 1.82) is 0 Å². The van der Waals surface area contributed by atoms with Gasteiger partial charge in [-0.05, 0) is 49.4 Å². The van der Waals surface area contributed by atoms with Crippen molar-refractivity contribution >= 4 is 33.5 Å². The van der Waals surface area contributed by atoms with Crippen molar-refractivity contribution in [3.63, 3.8) is 0 Å². The van der Waals surface area contributed by atoms with Gasteiger partial charge < -0.3 is 4.98 Å². The minimum Gasteiger partial charge on any atom is -0.339 e. The van der Waals surface area contributed by atoms with Crippen molar-refractivity contribution in [2.75, 3.05) is 0 Å². The topological polar surface area (TPSA) is 62.8 Å². The molecular formula is C18H14N2O2. The molecule has 4 nitrogen and oxygen atoms in total. The van der Waals surface area contributed by atoms with E-state index in [1.54, 1.807) is 0 Å². The molecule has 5 rings (SSSR count). The van der Waals surface area contributed by atoms with Crippen LogP contribution in [0.2, 0.25) is 0 Å². The third-order valence-corrected chi connectivity index (χ3v) is 5.00. The van der Waals surface area contributed by atoms with Crippen LogP contribution < -0.4 is 0 Å². The van der Waals surface area contributed by atoms with E-state index in [0.717, 1.165) is 52.5 Å². The Hall–Kier alpha value is -2.49. The Balaban J connectivity index is 2.08. The van der Waals surface area contributed by atoms with Gasteiger partial charge in [0.15, 0.2) is 11.6 Å². The van der Waals surface area contributed by atoms with Gasteiger partial charge in [0.2, 0.25) is 0 Å². The lowest BCUT2D eigenvalue weighted by Gasteiger charge is -2.08. The monoisotopic (exact) mass is 290 g/mol. The second kappa shape index (κ2) is 3.83. The van der Waals surface area contributed by atoms with Crippen LogP contribution in [0.5, 0.6) is 0 Å². The first kappa shape index (κ1) is 12.1. The molecule has 0 amide bonds. The van der Waals surface area contributed by atoms with Gasteiger partial charge in [-0.15, -0.1) is 0 Å². The maximum absolute atomic E-state index is 12.4. The molecule has 0 unspecified atom stereocenters. The number of ketones is 2. The molecule has 1 N–H and O–H groups in total. The van der Waals surface area contributed by atoms with E-state index in [4.69, 9.17) is 0 Å². The average molecular weight is 290 g/mol. The van der Waals surface area contributed by atoms with Crippen LogP contribution in [0.25, 0.3) is 21.9 Å². The molecule has 1 aromatic carbocycles. The molecule has 4 heteroatoms. The molecule has 3 aromatic rings. The molecule has 0 fully saturated rings. The van der Waals surface area contributed by atoms with Gasteiger partial charge in [0, 0.05) is 27.6 Å². The fourth-order valence-corrected chi connectivity index (χ4v) is 4.14. The quantitative estimate of drug-likeness (QED) is 0.646. The van der Waals surface area contributed by atoms with Crippen LogP contribution in [-0.2, 0) is 12.8 Å². The van der Waals surface area contributed by atoms with Gasteiger partial charge in [-0.25, -0.2) is 4.98 Å². The van der Waals surface area contributed by atoms with Gasteiger partial charge in [0.05, 0.1) is 11.9 Å². The zero-order valence-electron chi connectivity index (χ0n) is 12.2. The number of Topliss-reactive ketones (excluding diaryl/α,β-unsaturated/α-hetero) is 2. The van der Waals surface area contributed by atoms with E-state index < -0.39 is 0 Å². The Labute approximate surface area is 126 Å². The maximum Gasteiger partial charge on any atom is 0.172 e. The minimum absolute atomic E-state index is 0.00512. The second-order valence-electron chi connectivity index (χ2n) is 6.31. The number of nitrogens with one attached hydrogen (secondary N) is 1. The lowest BCUT2D eigenvalue weighted by Crippen LogP contribution is -2.00. The first-order valence-electron chi connectivity index (χ1n) is 7.68. The molecule has 0 spiro atoms. The predicted octanol–water partition coefficient (Wildman–Crippen LogP) is 3.28. The number of aromatic nitrogens is 2. The van der Waals surface area contributed by atoms with Crippen molar-refractivity contribution in [2.45, 2.75) is 32.6 Å². The first-order chi connectivity index (χ1) is 10.6. The van der Waals surface area contributed by atoms with E-state index in [1.807, 2.05) is 19.1 Å². The molecule has 108 valence electrons. The summed E-state index contributed by atoms with van der Waals surface area (Å²) in [5.41, 5.74) is 6.42. The van der Waals surface area contributed by atoms with Crippen LogP contribution in [-0.4, -0.2) is 21.5 Å². The number of nitrogens with zero attached hydrogens (tertiary/aromatic N) is 1. The van der Waals surface area contributed by atoms with Crippen molar-refractivity contribution in [1.82, 2.24) is 9.97 Å². The molecule has 0 atom stereocenters. The van der Waals surface area contributed by atoms with E-state index in [1.165, 1.54) is 5.56 Å². The Morgan fingerprint density at radius 3 is 2.68 bits per heavy atom. The predicted molar refractivity (Wildman–Crippen MR) is 83.6 cm³/mol. The summed E-state index contributed by atoms with van der Waals surface area (Å²) in [5, 5.41) is 1.86. The largest absolute Gasteiger partial charge is 0.339 e. The standard InChI is InChI=1S/C18H14N2O2/c1-8-5-6-11-15-16-13(22)7-12(21)14(16)9-3-2-4-10(9)17(15)20-18(11)19-8/h5-6H,2-4,7H2,1H3,(H,19,20). The van der Waals surface area contributed by atoms with E-state index in [-0.39, 0.29) is 18.0 Å². The van der Waals surface area contributed by atoms with E-state index in [9.17, 15) is 9.59 Å². The summed E-state index contributed by atoms with van der Waals surface area (Å²) in [6.45, 7) is 1.95. The van der Waals surface area contributed by atoms with Crippen molar-refractivity contribution < 1.29 is 9.59 Å². The van der Waals surface area contributed by atoms with Crippen molar-refractivity contribution in [3.05, 3.63) is 40.1 Å². The highest BCUT2D eigenvalue weighted by Gasteiger charge is 2.36. The van der Waals surface area contributed by atoms with Crippen LogP contribution in [0.4, 0.5) is 0 Å². The summed E-state index contributed by atoms with van der Waals surface area (Å²) in [6.07, 6.45) is 2.93. The fraction of sp³-hybridized carbons (Fsp3) is 0.278. The molecule has 0 aliphatic heterocycles. The third kappa shape index (κ3) is 1.30. The Morgan fingerprint density at radius 1 is 1.05 bits per heavy atom. The number of hydrogen-bond donors (Lipinski definition) is 1. The Kier molecular flexibility index (Phi) is 2.10. The zero-order valence-corrected chi connectivity index (χ0v) is 12.2. The molecule has 0 saturated heterocycles. The van der Waals surface area contributed by atoms with Crippen LogP contribution in [0.3, 0.4) is 0 Å². The highest BCUT2D eigenvalue weighted by molar-refractivity contribution is 6.32. The van der Waals surface area contributed by atoms with E-state index in [0.29, 0.717) is 11.1 Å². The average Bonchev–Trinajstić information content (AvgIpc) is 3.13. The van der Waals surface area contributed by atoms with Crippen LogP contribution in [0, 0.1) is 6.92 Å². The number of hydrogen-bond acceptors (Lipinski definition) is 3. The molecule has 2 heterocycles. The lowest BCUT2D eigenvalue weighted by atomic mass is 9.94. The van der Waals surface area contributed by atoms with Crippen molar-refractivity contribution in [3.8, 4) is 0 Å². The van der Waals surface area contributed by atoms with Gasteiger partial charge in [-0.2, -0.15) is 0 Å². The minimum atomic E-state index is -0.0406. The number of pyridine rings is 1. The van der Waals surface area contributed by atoms with E-state index >= 15 is 0 Å². The number of aromatic amines is 1. The molecule has 0 saturated carbocycles. The smallest absolute Gasteiger partial charge is 0.172 e. The summed E-state index contributed by atoms with van der Waals surface area (Å²) < 4.78 is 0. The molecule has 2 aliphatic rings. The van der Waals surface area contributed by atoms with Crippen LogP contribution in [0.15, 0.2) is 12.1 Å². The number of carbonyl (C=O) groups excluding carboxylic acids is 2. The summed E-state index contributed by atoms with van der Waals surface area (Å²) in [6, 6.07) is 3.96. The highest BCUT2D eigenvalue weighted by atomic mass is 16.2. The summed E-state index contributed by atoms with van der Waals surface area (Å²) >= 11 is 0. The van der Waals surface area contributed by atoms with Gasteiger partial charge >= 0.3 is 0 Å². The summed E-state index contributed by atoms with van der Waals surface area (Å²) in [7, 11) is 0. The Bertz CT molecular complexity index is 1030. The maximum atomic E-state index is 12.4. The zero-order chi connectivity index (χ0) is 15.0. The number of fused-ring (bicyclic) bond motifs is 8. The van der Waals surface area contributed by atoms with Crippen LogP contribution in [0.1, 0.15) is 50.4 Å². The van der Waals surface area contributed by atoms with E-state index in [2.05, 4.69) is 9.97 Å². The SMILES string of the molecule is Cc1ccc2c(n1)[nH]c1c3c(c4c(c12)C(=O)CC4=O)CCC3. The summed E-state index contributed by atoms with van der Waals surface area (Å²) in [5.74, 6) is -0.0457. The van der Waals surface area contributed by atoms with Crippen LogP contribution >= 0.6 is 0 Å². The third-order valence-electron chi connectivity index (χ3n) is 5.00. The van der Waals surface area contributed by atoms with Gasteiger partial charge in [-0.3, -0.25) is 9.59 Å². The number of aryl methyl sites for hydroxylation is 2. The van der Waals surface area contributed by atoms with Gasteiger partial charge in [0.25, 0.3) is 0 Å². The normalized spacial score (nSPS) is 16.8. The van der Waals surface area contributed by atoms with Crippen molar-refractivity contribution in [2.24, 2.45) is 0 Å². The number of H-pyrrole nitrogens is 1. The number of benzene rings is 1. The molecule has 0 radical (unpaired) electrons. The lowest BCUT2D eigenvalue weighted by molar-refractivity contribution is 0.0923. The summed E-state index contributed by atoms with van der Waals surface area (Å²) in [4.78, 5) is 32.8. The second-order valence-corrected chi connectivity index (χ2v) is 6.31. The number of carbonyl (C=O) groups is 2.